The fraction of sp³-hybridized carbons (Fsp3) is 0. The lowest BCUT2D eigenvalue weighted by Gasteiger charge is -1.95. The van der Waals surface area contributed by atoms with Gasteiger partial charge in [0, 0.05) is 10.9 Å². The number of nitrogens with one attached hydrogen (secondary N) is 2. The number of thiophene rings is 1. The molecule has 0 aliphatic carbocycles. The Morgan fingerprint density at radius 3 is 2.85 bits per heavy atom. The lowest BCUT2D eigenvalue weighted by molar-refractivity contribution is 1.07. The molecule has 0 saturated carbocycles. The highest BCUT2D eigenvalue weighted by Gasteiger charge is 1.98. The van der Waals surface area contributed by atoms with Gasteiger partial charge in [0.1, 0.15) is 4.64 Å². The molecule has 2 aromatic rings. The van der Waals surface area contributed by atoms with Gasteiger partial charge >= 0.3 is 5.69 Å². The molecule has 0 unspecified atom stereocenters. The van der Waals surface area contributed by atoms with Gasteiger partial charge in [-0.1, -0.05) is 12.2 Å². The summed E-state index contributed by atoms with van der Waals surface area (Å²) in [6.07, 6.45) is 0. The van der Waals surface area contributed by atoms with Crippen molar-refractivity contribution < 1.29 is 0 Å². The van der Waals surface area contributed by atoms with Crippen molar-refractivity contribution in [2.75, 3.05) is 0 Å². The van der Waals surface area contributed by atoms with Crippen LogP contribution in [-0.2, 0) is 0 Å². The van der Waals surface area contributed by atoms with Crippen molar-refractivity contribution in [3.63, 3.8) is 0 Å². The summed E-state index contributed by atoms with van der Waals surface area (Å²) < 4.78 is 0.449. The predicted molar refractivity (Wildman–Crippen MR) is 55.6 cm³/mol. The molecule has 0 radical (unpaired) electrons. The van der Waals surface area contributed by atoms with Crippen LogP contribution < -0.4 is 5.69 Å². The van der Waals surface area contributed by atoms with Crippen molar-refractivity contribution >= 4 is 23.6 Å². The van der Waals surface area contributed by atoms with Crippen LogP contribution in [0.3, 0.4) is 0 Å². The highest BCUT2D eigenvalue weighted by atomic mass is 32.1. The summed E-state index contributed by atoms with van der Waals surface area (Å²) in [4.78, 5) is 16.2. The van der Waals surface area contributed by atoms with Crippen molar-refractivity contribution in [1.29, 1.82) is 0 Å². The molecule has 0 aliphatic heterocycles. The normalized spacial score (nSPS) is 10.2. The van der Waals surface area contributed by atoms with Crippen LogP contribution in [0.1, 0.15) is 0 Å². The Balaban J connectivity index is 2.66. The quantitative estimate of drug-likeness (QED) is 0.709. The summed E-state index contributed by atoms with van der Waals surface area (Å²) in [6, 6.07) is 3.67. The predicted octanol–water partition coefficient (Wildman–Crippen LogP) is 2.16. The first-order valence-electron chi connectivity index (χ1n) is 3.62. The summed E-state index contributed by atoms with van der Waals surface area (Å²) in [5.74, 6) is 0. The van der Waals surface area contributed by atoms with E-state index in [-0.39, 0.29) is 5.69 Å². The second-order valence-electron chi connectivity index (χ2n) is 2.51. The van der Waals surface area contributed by atoms with E-state index in [9.17, 15) is 4.79 Å². The van der Waals surface area contributed by atoms with Gasteiger partial charge in [0.05, 0.1) is 5.69 Å². The Morgan fingerprint density at radius 2 is 2.23 bits per heavy atom. The molecular formula is C8H6N2OS2. The molecule has 0 fully saturated rings. The molecule has 2 heterocycles. The van der Waals surface area contributed by atoms with Crippen molar-refractivity contribution in [2.24, 2.45) is 0 Å². The Bertz CT molecular complexity index is 481. The lowest BCUT2D eigenvalue weighted by Crippen LogP contribution is -2.10. The summed E-state index contributed by atoms with van der Waals surface area (Å²) in [7, 11) is 0. The monoisotopic (exact) mass is 210 g/mol. The molecule has 0 bridgehead atoms. The van der Waals surface area contributed by atoms with Gasteiger partial charge < -0.3 is 4.98 Å². The third-order valence-electron chi connectivity index (χ3n) is 1.59. The van der Waals surface area contributed by atoms with Crippen molar-refractivity contribution in [3.05, 3.63) is 38.0 Å². The minimum Gasteiger partial charge on any atom is -0.307 e. The summed E-state index contributed by atoms with van der Waals surface area (Å²) in [5, 5.41) is 3.91. The lowest BCUT2D eigenvalue weighted by atomic mass is 10.2. The topological polar surface area (TPSA) is 48.6 Å². The van der Waals surface area contributed by atoms with Crippen molar-refractivity contribution in [2.45, 2.75) is 0 Å². The van der Waals surface area contributed by atoms with Crippen molar-refractivity contribution in [3.8, 4) is 11.3 Å². The largest absolute Gasteiger partial charge is 0.324 e. The smallest absolute Gasteiger partial charge is 0.307 e. The van der Waals surface area contributed by atoms with Crippen LogP contribution in [-0.4, -0.2) is 9.97 Å². The van der Waals surface area contributed by atoms with Gasteiger partial charge in [-0.25, -0.2) is 4.79 Å². The van der Waals surface area contributed by atoms with Gasteiger partial charge in [-0.2, -0.15) is 11.3 Å². The highest BCUT2D eigenvalue weighted by molar-refractivity contribution is 7.71. The first-order chi connectivity index (χ1) is 6.25. The third-order valence-corrected chi connectivity index (χ3v) is 2.50. The van der Waals surface area contributed by atoms with E-state index in [0.717, 1.165) is 11.3 Å². The summed E-state index contributed by atoms with van der Waals surface area (Å²) >= 11 is 6.47. The van der Waals surface area contributed by atoms with Crippen LogP contribution in [0.4, 0.5) is 0 Å². The molecule has 2 aromatic heterocycles. The van der Waals surface area contributed by atoms with E-state index in [2.05, 4.69) is 9.97 Å². The number of H-pyrrole nitrogens is 2. The molecule has 66 valence electrons. The van der Waals surface area contributed by atoms with Gasteiger partial charge in [-0.15, -0.1) is 0 Å². The number of rotatable bonds is 1. The fourth-order valence-corrected chi connectivity index (χ4v) is 1.91. The summed E-state index contributed by atoms with van der Waals surface area (Å²) in [6.45, 7) is 0. The highest BCUT2D eigenvalue weighted by Crippen LogP contribution is 2.17. The molecule has 2 rings (SSSR count). The molecule has 0 aliphatic rings. The van der Waals surface area contributed by atoms with Gasteiger partial charge in [0.2, 0.25) is 0 Å². The van der Waals surface area contributed by atoms with Gasteiger partial charge in [-0.3, -0.25) is 4.98 Å². The van der Waals surface area contributed by atoms with E-state index in [4.69, 9.17) is 12.2 Å². The molecule has 0 aromatic carbocycles. The maximum absolute atomic E-state index is 11.0. The molecular weight excluding hydrogens is 204 g/mol. The van der Waals surface area contributed by atoms with E-state index in [0.29, 0.717) is 4.64 Å². The molecule has 2 N–H and O–H groups in total. The maximum atomic E-state index is 11.0. The minimum absolute atomic E-state index is 0.270. The van der Waals surface area contributed by atoms with E-state index in [1.165, 1.54) is 0 Å². The first kappa shape index (κ1) is 8.40. The molecule has 5 heteroatoms. The molecule has 0 atom stereocenters. The van der Waals surface area contributed by atoms with Crippen LogP contribution in [0, 0.1) is 4.64 Å². The number of hydrogen-bond donors (Lipinski definition) is 2. The van der Waals surface area contributed by atoms with E-state index >= 15 is 0 Å². The molecule has 0 saturated heterocycles. The maximum Gasteiger partial charge on any atom is 0.324 e. The zero-order chi connectivity index (χ0) is 9.26. The van der Waals surface area contributed by atoms with Gasteiger partial charge in [0.15, 0.2) is 0 Å². The van der Waals surface area contributed by atoms with Crippen LogP contribution >= 0.6 is 23.6 Å². The zero-order valence-electron chi connectivity index (χ0n) is 6.53. The Kier molecular flexibility index (Phi) is 2.12. The molecule has 13 heavy (non-hydrogen) atoms. The second-order valence-corrected chi connectivity index (χ2v) is 3.73. The number of hydrogen-bond acceptors (Lipinski definition) is 3. The Morgan fingerprint density at radius 1 is 1.38 bits per heavy atom. The zero-order valence-corrected chi connectivity index (χ0v) is 8.17. The average molecular weight is 210 g/mol. The molecule has 3 nitrogen and oxygen atoms in total. The standard InChI is InChI=1S/C8H6N2OS2/c11-8-9-6(3-7(12)10-8)5-1-2-13-4-5/h1-4H,(H2,9,10,11,12). The van der Waals surface area contributed by atoms with Crippen LogP contribution in [0.5, 0.6) is 0 Å². The van der Waals surface area contributed by atoms with Gasteiger partial charge in [-0.05, 0) is 17.5 Å². The van der Waals surface area contributed by atoms with Gasteiger partial charge in [0.25, 0.3) is 0 Å². The van der Waals surface area contributed by atoms with E-state index < -0.39 is 0 Å². The SMILES string of the molecule is O=c1[nH]c(-c2ccsc2)cc(=S)[nH]1. The second kappa shape index (κ2) is 3.27. The molecule has 0 spiro atoms. The fourth-order valence-electron chi connectivity index (χ4n) is 1.04. The molecule has 0 amide bonds. The first-order valence-corrected chi connectivity index (χ1v) is 4.97. The van der Waals surface area contributed by atoms with Crippen LogP contribution in [0.2, 0.25) is 0 Å². The van der Waals surface area contributed by atoms with E-state index in [1.54, 1.807) is 17.4 Å². The average Bonchev–Trinajstić information content (AvgIpc) is 2.53. The Labute approximate surface area is 83.1 Å². The Hall–Kier alpha value is -1.20. The number of aromatic nitrogens is 2. The van der Waals surface area contributed by atoms with Crippen LogP contribution in [0.15, 0.2) is 27.7 Å². The van der Waals surface area contributed by atoms with Crippen molar-refractivity contribution in [1.82, 2.24) is 9.97 Å². The van der Waals surface area contributed by atoms with E-state index in [1.807, 2.05) is 16.8 Å². The van der Waals surface area contributed by atoms with Crippen LogP contribution in [0.25, 0.3) is 11.3 Å². The third kappa shape index (κ3) is 1.76. The summed E-state index contributed by atoms with van der Waals surface area (Å²) in [5.41, 5.74) is 1.48. The minimum atomic E-state index is -0.270. The number of aromatic amines is 2.